The second kappa shape index (κ2) is 3.56. The van der Waals surface area contributed by atoms with E-state index in [4.69, 9.17) is 15.2 Å². The average molecular weight is 185 g/mol. The van der Waals surface area contributed by atoms with E-state index < -0.39 is 0 Å². The molecule has 0 amide bonds. The molecular weight excluding hydrogens is 166 g/mol. The number of nitrogens with two attached hydrogens (primary N) is 1. The molecule has 2 fully saturated rings. The molecule has 1 aliphatic heterocycles. The van der Waals surface area contributed by atoms with Gasteiger partial charge in [0.05, 0.1) is 12.7 Å². The summed E-state index contributed by atoms with van der Waals surface area (Å²) in [4.78, 5) is 0. The predicted octanol–water partition coefficient (Wildman–Crippen LogP) is 0.777. The molecule has 1 saturated heterocycles. The van der Waals surface area contributed by atoms with Gasteiger partial charge < -0.3 is 15.2 Å². The Morgan fingerprint density at radius 1 is 1.54 bits per heavy atom. The van der Waals surface area contributed by atoms with Crippen molar-refractivity contribution < 1.29 is 9.47 Å². The van der Waals surface area contributed by atoms with Crippen molar-refractivity contribution in [1.29, 1.82) is 0 Å². The summed E-state index contributed by atoms with van der Waals surface area (Å²) >= 11 is 0. The van der Waals surface area contributed by atoms with Crippen molar-refractivity contribution in [3.05, 3.63) is 0 Å². The van der Waals surface area contributed by atoms with Crippen molar-refractivity contribution in [3.8, 4) is 0 Å². The van der Waals surface area contributed by atoms with Crippen LogP contribution in [0.25, 0.3) is 0 Å². The Bertz CT molecular complexity index is 182. The second-order valence-corrected chi connectivity index (χ2v) is 4.38. The van der Waals surface area contributed by atoms with Crippen LogP contribution in [0.3, 0.4) is 0 Å². The molecule has 3 nitrogen and oxygen atoms in total. The first-order valence-corrected chi connectivity index (χ1v) is 5.13. The van der Waals surface area contributed by atoms with Crippen LogP contribution < -0.4 is 5.73 Å². The fourth-order valence-electron chi connectivity index (χ4n) is 2.46. The van der Waals surface area contributed by atoms with Crippen LogP contribution in [0, 0.1) is 11.3 Å². The molecule has 13 heavy (non-hydrogen) atoms. The zero-order valence-electron chi connectivity index (χ0n) is 8.29. The lowest BCUT2D eigenvalue weighted by Crippen LogP contribution is -2.43. The van der Waals surface area contributed by atoms with Gasteiger partial charge in [0, 0.05) is 25.7 Å². The highest BCUT2D eigenvalue weighted by Crippen LogP contribution is 2.47. The lowest BCUT2D eigenvalue weighted by atomic mass is 9.80. The van der Waals surface area contributed by atoms with Crippen molar-refractivity contribution in [2.24, 2.45) is 17.1 Å². The van der Waals surface area contributed by atoms with Gasteiger partial charge in [0.15, 0.2) is 0 Å². The van der Waals surface area contributed by atoms with E-state index in [1.807, 2.05) is 0 Å². The molecule has 2 unspecified atom stereocenters. The highest BCUT2D eigenvalue weighted by atomic mass is 16.5. The summed E-state index contributed by atoms with van der Waals surface area (Å²) in [6.07, 6.45) is 4.07. The third-order valence-corrected chi connectivity index (χ3v) is 3.39. The fraction of sp³-hybridized carbons (Fsp3) is 1.00. The van der Waals surface area contributed by atoms with E-state index in [-0.39, 0.29) is 5.41 Å². The maximum atomic E-state index is 5.85. The Hall–Kier alpha value is -0.120. The zero-order valence-corrected chi connectivity index (χ0v) is 8.29. The monoisotopic (exact) mass is 185 g/mol. The Morgan fingerprint density at radius 3 is 2.85 bits per heavy atom. The molecule has 0 bridgehead atoms. The number of hydrogen-bond acceptors (Lipinski definition) is 3. The molecule has 0 aromatic rings. The molecule has 76 valence electrons. The molecular formula is C10H19NO2. The summed E-state index contributed by atoms with van der Waals surface area (Å²) in [7, 11) is 1.75. The Kier molecular flexibility index (Phi) is 2.58. The molecule has 2 rings (SSSR count). The molecule has 2 aliphatic rings. The summed E-state index contributed by atoms with van der Waals surface area (Å²) in [5, 5.41) is 0. The van der Waals surface area contributed by atoms with Crippen molar-refractivity contribution in [2.45, 2.75) is 25.4 Å². The van der Waals surface area contributed by atoms with Gasteiger partial charge in [-0.25, -0.2) is 0 Å². The Morgan fingerprint density at radius 2 is 2.31 bits per heavy atom. The first-order chi connectivity index (χ1) is 6.32. The summed E-state index contributed by atoms with van der Waals surface area (Å²) < 4.78 is 11.0. The van der Waals surface area contributed by atoms with Crippen LogP contribution in [-0.4, -0.2) is 33.0 Å². The molecule has 2 atom stereocenters. The first-order valence-electron chi connectivity index (χ1n) is 5.13. The molecule has 0 radical (unpaired) electrons. The predicted molar refractivity (Wildman–Crippen MR) is 50.4 cm³/mol. The smallest absolute Gasteiger partial charge is 0.0694 e. The third-order valence-electron chi connectivity index (χ3n) is 3.39. The van der Waals surface area contributed by atoms with Gasteiger partial charge in [0.2, 0.25) is 0 Å². The first kappa shape index (κ1) is 9.44. The molecule has 1 aliphatic carbocycles. The molecule has 1 heterocycles. The number of hydrogen-bond donors (Lipinski definition) is 1. The van der Waals surface area contributed by atoms with Gasteiger partial charge in [-0.3, -0.25) is 0 Å². The van der Waals surface area contributed by atoms with Crippen molar-refractivity contribution >= 4 is 0 Å². The minimum atomic E-state index is 0.121. The lowest BCUT2D eigenvalue weighted by molar-refractivity contribution is -0.00744. The normalized spacial score (nSPS) is 39.7. The summed E-state index contributed by atoms with van der Waals surface area (Å²) in [6, 6.07) is 0. The van der Waals surface area contributed by atoms with Gasteiger partial charge in [0.1, 0.15) is 0 Å². The minimum Gasteiger partial charge on any atom is -0.384 e. The zero-order chi connectivity index (χ0) is 9.31. The standard InChI is InChI=1S/C10H19NO2/c1-12-7-10(6-11)4-5-13-9(10)8-2-3-8/h8-9H,2-7,11H2,1H3. The van der Waals surface area contributed by atoms with Crippen LogP contribution in [0.15, 0.2) is 0 Å². The van der Waals surface area contributed by atoms with E-state index in [0.29, 0.717) is 12.6 Å². The average Bonchev–Trinajstić information content (AvgIpc) is 2.90. The van der Waals surface area contributed by atoms with Crippen molar-refractivity contribution in [1.82, 2.24) is 0 Å². The van der Waals surface area contributed by atoms with Crippen molar-refractivity contribution in [2.75, 3.05) is 26.9 Å². The van der Waals surface area contributed by atoms with Crippen LogP contribution in [0.1, 0.15) is 19.3 Å². The number of rotatable bonds is 4. The molecule has 0 aromatic heterocycles. The van der Waals surface area contributed by atoms with E-state index >= 15 is 0 Å². The van der Waals surface area contributed by atoms with Crippen LogP contribution in [0.5, 0.6) is 0 Å². The minimum absolute atomic E-state index is 0.121. The summed E-state index contributed by atoms with van der Waals surface area (Å²) in [6.45, 7) is 2.31. The quantitative estimate of drug-likeness (QED) is 0.704. The Balaban J connectivity index is 2.06. The van der Waals surface area contributed by atoms with Gasteiger partial charge in [-0.1, -0.05) is 0 Å². The van der Waals surface area contributed by atoms with E-state index in [2.05, 4.69) is 0 Å². The molecule has 0 aromatic carbocycles. The topological polar surface area (TPSA) is 44.5 Å². The molecule has 2 N–H and O–H groups in total. The van der Waals surface area contributed by atoms with Crippen LogP contribution in [0.4, 0.5) is 0 Å². The molecule has 1 saturated carbocycles. The maximum Gasteiger partial charge on any atom is 0.0694 e. The van der Waals surface area contributed by atoms with Gasteiger partial charge in [-0.2, -0.15) is 0 Å². The van der Waals surface area contributed by atoms with E-state index in [9.17, 15) is 0 Å². The van der Waals surface area contributed by atoms with Crippen LogP contribution in [0.2, 0.25) is 0 Å². The molecule has 3 heteroatoms. The number of ether oxygens (including phenoxy) is 2. The van der Waals surface area contributed by atoms with E-state index in [1.165, 1.54) is 12.8 Å². The summed E-state index contributed by atoms with van der Waals surface area (Å²) in [5.74, 6) is 0.765. The highest BCUT2D eigenvalue weighted by Gasteiger charge is 2.50. The van der Waals surface area contributed by atoms with E-state index in [1.54, 1.807) is 7.11 Å². The lowest BCUT2D eigenvalue weighted by Gasteiger charge is -2.32. The van der Waals surface area contributed by atoms with Crippen LogP contribution in [-0.2, 0) is 9.47 Å². The third kappa shape index (κ3) is 1.60. The van der Waals surface area contributed by atoms with Crippen LogP contribution >= 0.6 is 0 Å². The van der Waals surface area contributed by atoms with Crippen molar-refractivity contribution in [3.63, 3.8) is 0 Å². The maximum absolute atomic E-state index is 5.85. The van der Waals surface area contributed by atoms with Gasteiger partial charge in [-0.05, 0) is 25.2 Å². The second-order valence-electron chi connectivity index (χ2n) is 4.38. The van der Waals surface area contributed by atoms with Gasteiger partial charge in [-0.15, -0.1) is 0 Å². The summed E-state index contributed by atoms with van der Waals surface area (Å²) in [5.41, 5.74) is 5.97. The fourth-order valence-corrected chi connectivity index (χ4v) is 2.46. The largest absolute Gasteiger partial charge is 0.384 e. The highest BCUT2D eigenvalue weighted by molar-refractivity contribution is 5.00. The van der Waals surface area contributed by atoms with E-state index in [0.717, 1.165) is 25.6 Å². The molecule has 0 spiro atoms. The van der Waals surface area contributed by atoms with Gasteiger partial charge >= 0.3 is 0 Å². The Labute approximate surface area is 79.6 Å². The SMILES string of the molecule is COCC1(CN)CCOC1C1CC1. The van der Waals surface area contributed by atoms with Gasteiger partial charge in [0.25, 0.3) is 0 Å². The number of methoxy groups -OCH3 is 1.